The van der Waals surface area contributed by atoms with E-state index >= 15 is 0 Å². The van der Waals surface area contributed by atoms with Gasteiger partial charge in [0.25, 0.3) is 23.6 Å². The fraction of sp³-hybridized carbons (Fsp3) is 0.385. The van der Waals surface area contributed by atoms with Crippen LogP contribution in [0.3, 0.4) is 0 Å². The summed E-state index contributed by atoms with van der Waals surface area (Å²) in [4.78, 5) is 51.8. The van der Waals surface area contributed by atoms with Crippen molar-refractivity contribution in [2.45, 2.75) is 22.6 Å². The van der Waals surface area contributed by atoms with Crippen molar-refractivity contribution in [2.75, 3.05) is 28.4 Å². The van der Waals surface area contributed by atoms with Crippen LogP contribution in [0.5, 0.6) is 23.0 Å². The summed E-state index contributed by atoms with van der Waals surface area (Å²) in [5.41, 5.74) is 0. The zero-order valence-electron chi connectivity index (χ0n) is 23.6. The lowest BCUT2D eigenvalue weighted by molar-refractivity contribution is -0.166. The summed E-state index contributed by atoms with van der Waals surface area (Å²) < 4.78 is 82.0. The molecule has 2 aliphatic heterocycles. The maximum absolute atomic E-state index is 13.2. The summed E-state index contributed by atoms with van der Waals surface area (Å²) in [6.07, 6.45) is -0.700. The van der Waals surface area contributed by atoms with E-state index in [2.05, 4.69) is 0 Å². The highest BCUT2D eigenvalue weighted by Gasteiger charge is 2.61. The molecule has 1 saturated carbocycles. The molecule has 0 N–H and O–H groups in total. The number of carbonyl (C=O) groups is 4. The Bertz CT molecular complexity index is 1600. The van der Waals surface area contributed by atoms with Gasteiger partial charge in [0.15, 0.2) is 23.0 Å². The zero-order valence-corrected chi connectivity index (χ0v) is 25.2. The van der Waals surface area contributed by atoms with Gasteiger partial charge in [-0.1, -0.05) is 0 Å². The van der Waals surface area contributed by atoms with Gasteiger partial charge < -0.3 is 18.9 Å². The molecule has 3 fully saturated rings. The molecule has 4 atom stereocenters. The first-order chi connectivity index (χ1) is 20.8. The van der Waals surface area contributed by atoms with E-state index < -0.39 is 77.3 Å². The first-order valence-electron chi connectivity index (χ1n) is 12.9. The molecule has 4 amide bonds. The SMILES string of the molecule is COc1ccc(S(=O)(=O)ON2C(=O)C3CC4C(=O)N(OS(=O)(=O)c5ccc(OC)c(OC)c5)C(=O)C4CC3C2=O)cc1OC. The Kier molecular flexibility index (Phi) is 8.04. The zero-order chi connectivity index (χ0) is 32.1. The number of carbonyl (C=O) groups excluding carboxylic acids is 4. The Morgan fingerprint density at radius 2 is 0.818 bits per heavy atom. The Morgan fingerprint density at radius 1 is 0.523 bits per heavy atom. The van der Waals surface area contributed by atoms with Crippen molar-refractivity contribution < 1.29 is 63.5 Å². The largest absolute Gasteiger partial charge is 0.493 e. The summed E-state index contributed by atoms with van der Waals surface area (Å²) in [7, 11) is -4.17. The Morgan fingerprint density at radius 3 is 1.09 bits per heavy atom. The van der Waals surface area contributed by atoms with Crippen LogP contribution in [0.25, 0.3) is 0 Å². The minimum absolute atomic E-state index is 0.0506. The van der Waals surface area contributed by atoms with Gasteiger partial charge in [-0.2, -0.15) is 16.8 Å². The Hall–Kier alpha value is -4.26. The molecule has 44 heavy (non-hydrogen) atoms. The predicted molar refractivity (Wildman–Crippen MR) is 143 cm³/mol. The summed E-state index contributed by atoms with van der Waals surface area (Å²) in [6, 6.07) is 7.00. The predicted octanol–water partition coefficient (Wildman–Crippen LogP) is 0.658. The summed E-state index contributed by atoms with van der Waals surface area (Å²) in [5, 5.41) is 0.236. The van der Waals surface area contributed by atoms with E-state index in [4.69, 9.17) is 27.5 Å². The van der Waals surface area contributed by atoms with Gasteiger partial charge in [0.2, 0.25) is 0 Å². The van der Waals surface area contributed by atoms with Gasteiger partial charge in [0, 0.05) is 12.1 Å². The van der Waals surface area contributed by atoms with Crippen molar-refractivity contribution in [2.24, 2.45) is 23.7 Å². The number of nitrogens with zero attached hydrogens (tertiary/aromatic N) is 2. The van der Waals surface area contributed by atoms with Crippen LogP contribution in [0.4, 0.5) is 0 Å². The minimum atomic E-state index is -4.71. The summed E-state index contributed by atoms with van der Waals surface area (Å²) in [5.74, 6) is -8.38. The second kappa shape index (κ2) is 11.3. The monoisotopic (exact) mass is 654 g/mol. The smallest absolute Gasteiger partial charge is 0.318 e. The van der Waals surface area contributed by atoms with Crippen molar-refractivity contribution >= 4 is 43.9 Å². The molecule has 0 bridgehead atoms. The fourth-order valence-electron chi connectivity index (χ4n) is 5.49. The third-order valence-corrected chi connectivity index (χ3v) is 10.0. The molecular formula is C26H26N2O14S2. The van der Waals surface area contributed by atoms with E-state index in [0.29, 0.717) is 0 Å². The molecule has 1 aliphatic carbocycles. The third-order valence-electron chi connectivity index (χ3n) is 7.69. The standard InChI is InChI=1S/C26H26N2O14S2/c1-37-19-7-5-13(9-21(19)39-3)43(33,34)41-27-23(29)15-11-17-18(12-16(15)24(27)30)26(32)28(25(17)31)42-44(35,36)14-6-8-20(38-2)22(10-14)40-4/h5-10,15-18H,11-12H2,1-4H3. The number of benzene rings is 2. The molecule has 16 nitrogen and oxygen atoms in total. The molecule has 0 aromatic heterocycles. The average molecular weight is 655 g/mol. The van der Waals surface area contributed by atoms with Crippen molar-refractivity contribution in [3.8, 4) is 23.0 Å². The number of fused-ring (bicyclic) bond motifs is 2. The molecule has 0 spiro atoms. The van der Waals surface area contributed by atoms with Gasteiger partial charge in [0.1, 0.15) is 0 Å². The number of hydroxylamine groups is 4. The van der Waals surface area contributed by atoms with Crippen molar-refractivity contribution in [3.05, 3.63) is 36.4 Å². The molecule has 5 rings (SSSR count). The molecular weight excluding hydrogens is 628 g/mol. The first kappa shape index (κ1) is 31.2. The lowest BCUT2D eigenvalue weighted by Crippen LogP contribution is -2.35. The van der Waals surface area contributed by atoms with Crippen LogP contribution >= 0.6 is 0 Å². The highest BCUT2D eigenvalue weighted by molar-refractivity contribution is 7.87. The number of amides is 4. The normalized spacial score (nSPS) is 23.5. The van der Waals surface area contributed by atoms with Crippen LogP contribution in [0.1, 0.15) is 12.8 Å². The highest BCUT2D eigenvalue weighted by atomic mass is 32.2. The molecule has 2 aromatic carbocycles. The number of rotatable bonds is 10. The van der Waals surface area contributed by atoms with E-state index in [1.807, 2.05) is 0 Å². The Labute approximate surface area is 251 Å². The van der Waals surface area contributed by atoms with Crippen LogP contribution in [0.2, 0.25) is 0 Å². The fourth-order valence-corrected chi connectivity index (χ4v) is 7.32. The number of hydrogen-bond donors (Lipinski definition) is 0. The van der Waals surface area contributed by atoms with Gasteiger partial charge in [-0.3, -0.25) is 19.2 Å². The summed E-state index contributed by atoms with van der Waals surface area (Å²) in [6.45, 7) is 0. The maximum atomic E-state index is 13.2. The minimum Gasteiger partial charge on any atom is -0.493 e. The van der Waals surface area contributed by atoms with Crippen LogP contribution in [-0.4, -0.2) is 79.0 Å². The molecule has 2 aromatic rings. The number of hydrogen-bond acceptors (Lipinski definition) is 14. The number of imide groups is 2. The second-order valence-electron chi connectivity index (χ2n) is 9.93. The molecule has 2 saturated heterocycles. The lowest BCUT2D eigenvalue weighted by Gasteiger charge is -2.27. The first-order valence-corrected chi connectivity index (χ1v) is 15.7. The average Bonchev–Trinajstić information content (AvgIpc) is 3.38. The summed E-state index contributed by atoms with van der Waals surface area (Å²) >= 11 is 0. The van der Waals surface area contributed by atoms with E-state index in [9.17, 15) is 36.0 Å². The van der Waals surface area contributed by atoms with Crippen LogP contribution in [0, 0.1) is 23.7 Å². The van der Waals surface area contributed by atoms with Gasteiger partial charge >= 0.3 is 20.2 Å². The van der Waals surface area contributed by atoms with E-state index in [-0.39, 0.29) is 46.0 Å². The lowest BCUT2D eigenvalue weighted by atomic mass is 9.70. The van der Waals surface area contributed by atoms with Gasteiger partial charge in [-0.25, -0.2) is 0 Å². The second-order valence-corrected chi connectivity index (χ2v) is 13.0. The van der Waals surface area contributed by atoms with E-state index in [0.717, 1.165) is 24.3 Å². The van der Waals surface area contributed by atoms with Gasteiger partial charge in [-0.15, -0.1) is 18.7 Å². The topological polar surface area (TPSA) is 198 Å². The van der Waals surface area contributed by atoms with Gasteiger partial charge in [0.05, 0.1) is 61.9 Å². The number of ether oxygens (including phenoxy) is 4. The third kappa shape index (κ3) is 5.12. The van der Waals surface area contributed by atoms with Crippen LogP contribution in [0.15, 0.2) is 46.2 Å². The quantitative estimate of drug-likeness (QED) is 0.324. The number of methoxy groups -OCH3 is 4. The van der Waals surface area contributed by atoms with E-state index in [1.165, 1.54) is 40.6 Å². The van der Waals surface area contributed by atoms with Crippen LogP contribution < -0.4 is 18.9 Å². The van der Waals surface area contributed by atoms with Crippen molar-refractivity contribution in [1.82, 2.24) is 10.1 Å². The van der Waals surface area contributed by atoms with Gasteiger partial charge in [-0.05, 0) is 37.1 Å². The highest BCUT2D eigenvalue weighted by Crippen LogP contribution is 2.48. The Balaban J connectivity index is 1.33. The van der Waals surface area contributed by atoms with Crippen LogP contribution in [-0.2, 0) is 48.0 Å². The molecule has 236 valence electrons. The molecule has 18 heteroatoms. The maximum Gasteiger partial charge on any atom is 0.318 e. The molecule has 2 heterocycles. The molecule has 3 aliphatic rings. The van der Waals surface area contributed by atoms with E-state index in [1.54, 1.807) is 0 Å². The van der Waals surface area contributed by atoms with Crippen molar-refractivity contribution in [1.29, 1.82) is 0 Å². The van der Waals surface area contributed by atoms with Crippen molar-refractivity contribution in [3.63, 3.8) is 0 Å². The molecule has 0 radical (unpaired) electrons. The molecule has 4 unspecified atom stereocenters.